The maximum absolute atomic E-state index is 11.4. The predicted molar refractivity (Wildman–Crippen MR) is 98.1 cm³/mol. The topological polar surface area (TPSA) is 68.0 Å². The minimum Gasteiger partial charge on any atom is -0.384 e. The molecule has 1 aromatic heterocycles. The Morgan fingerprint density at radius 1 is 1.00 bits per heavy atom. The van der Waals surface area contributed by atoms with Gasteiger partial charge in [0.1, 0.15) is 0 Å². The van der Waals surface area contributed by atoms with Crippen LogP contribution in [0.1, 0.15) is 28.8 Å². The number of hydrogen-bond acceptors (Lipinski definition) is 3. The molecule has 122 valence electrons. The van der Waals surface area contributed by atoms with Crippen LogP contribution in [0.15, 0.2) is 60.8 Å². The first-order chi connectivity index (χ1) is 11.8. The Balaban J connectivity index is 1.53. The van der Waals surface area contributed by atoms with Gasteiger partial charge in [-0.1, -0.05) is 36.4 Å². The van der Waals surface area contributed by atoms with Gasteiger partial charge in [-0.15, -0.1) is 0 Å². The van der Waals surface area contributed by atoms with Gasteiger partial charge in [0.05, 0.1) is 5.52 Å². The summed E-state index contributed by atoms with van der Waals surface area (Å²) in [5.41, 5.74) is 9.18. The number of carbonyl (C=O) groups excluding carboxylic acids is 1. The third-order valence-electron chi connectivity index (χ3n) is 4.12. The van der Waals surface area contributed by atoms with E-state index in [1.807, 2.05) is 48.7 Å². The zero-order chi connectivity index (χ0) is 16.8. The van der Waals surface area contributed by atoms with Gasteiger partial charge in [0, 0.05) is 29.4 Å². The molecule has 0 spiro atoms. The van der Waals surface area contributed by atoms with E-state index in [4.69, 9.17) is 5.73 Å². The number of benzene rings is 2. The average Bonchev–Trinajstić information content (AvgIpc) is 2.62. The molecule has 1 heterocycles. The summed E-state index contributed by atoms with van der Waals surface area (Å²) in [5, 5.41) is 4.62. The van der Waals surface area contributed by atoms with Crippen molar-refractivity contribution < 1.29 is 4.79 Å². The Labute approximate surface area is 141 Å². The van der Waals surface area contributed by atoms with Gasteiger partial charge < -0.3 is 11.1 Å². The number of nitrogens with one attached hydrogen (secondary N) is 1. The van der Waals surface area contributed by atoms with Crippen LogP contribution in [0.5, 0.6) is 0 Å². The number of nitrogens with two attached hydrogens (primary N) is 1. The van der Waals surface area contributed by atoms with E-state index in [0.29, 0.717) is 5.56 Å². The monoisotopic (exact) mass is 319 g/mol. The van der Waals surface area contributed by atoms with Gasteiger partial charge in [-0.3, -0.25) is 9.78 Å². The fraction of sp³-hybridized carbons (Fsp3) is 0.200. The van der Waals surface area contributed by atoms with Crippen molar-refractivity contribution in [3.05, 3.63) is 71.9 Å². The van der Waals surface area contributed by atoms with Crippen LogP contribution in [0.2, 0.25) is 0 Å². The van der Waals surface area contributed by atoms with E-state index in [1.54, 1.807) is 6.07 Å². The molecule has 3 rings (SSSR count). The third kappa shape index (κ3) is 3.71. The normalized spacial score (nSPS) is 10.7. The molecule has 0 bridgehead atoms. The largest absolute Gasteiger partial charge is 0.384 e. The van der Waals surface area contributed by atoms with Crippen molar-refractivity contribution >= 4 is 22.5 Å². The number of aryl methyl sites for hydroxylation is 1. The summed E-state index contributed by atoms with van der Waals surface area (Å²) >= 11 is 0. The molecule has 2 aromatic carbocycles. The van der Waals surface area contributed by atoms with Crippen molar-refractivity contribution in [2.75, 3.05) is 11.9 Å². The Hall–Kier alpha value is -2.88. The first-order valence-corrected chi connectivity index (χ1v) is 8.21. The third-order valence-corrected chi connectivity index (χ3v) is 4.12. The van der Waals surface area contributed by atoms with Crippen molar-refractivity contribution in [1.82, 2.24) is 4.98 Å². The summed E-state index contributed by atoms with van der Waals surface area (Å²) in [7, 11) is 0. The minimum absolute atomic E-state index is 0.355. The van der Waals surface area contributed by atoms with Gasteiger partial charge >= 0.3 is 0 Å². The molecular weight excluding hydrogens is 298 g/mol. The molecule has 0 unspecified atom stereocenters. The number of unbranched alkanes of at least 4 members (excludes halogenated alkanes) is 1. The molecule has 0 aliphatic rings. The highest BCUT2D eigenvalue weighted by Crippen LogP contribution is 2.21. The zero-order valence-corrected chi connectivity index (χ0v) is 13.5. The molecular formula is C20H21N3O. The fourth-order valence-electron chi connectivity index (χ4n) is 2.89. The summed E-state index contributed by atoms with van der Waals surface area (Å²) in [6.45, 7) is 0.882. The summed E-state index contributed by atoms with van der Waals surface area (Å²) in [5.74, 6) is -0.355. The van der Waals surface area contributed by atoms with Gasteiger partial charge in [-0.2, -0.15) is 0 Å². The maximum Gasteiger partial charge on any atom is 0.248 e. The smallest absolute Gasteiger partial charge is 0.248 e. The number of para-hydroxylation sites is 1. The second-order valence-corrected chi connectivity index (χ2v) is 5.78. The summed E-state index contributed by atoms with van der Waals surface area (Å²) in [4.78, 5) is 15.8. The zero-order valence-electron chi connectivity index (χ0n) is 13.5. The molecule has 3 N–H and O–H groups in total. The number of nitrogens with zero attached hydrogens (tertiary/aromatic N) is 1. The number of rotatable bonds is 7. The number of aromatic nitrogens is 1. The number of hydrogen-bond donors (Lipinski definition) is 2. The molecule has 4 heteroatoms. The molecule has 0 saturated heterocycles. The Morgan fingerprint density at radius 3 is 2.67 bits per heavy atom. The number of carbonyl (C=O) groups is 1. The summed E-state index contributed by atoms with van der Waals surface area (Å²) in [6.07, 6.45) is 4.70. The first-order valence-electron chi connectivity index (χ1n) is 8.21. The molecule has 0 aliphatic heterocycles. The van der Waals surface area contributed by atoms with E-state index in [0.717, 1.165) is 48.0 Å². The first kappa shape index (κ1) is 16.0. The van der Waals surface area contributed by atoms with Crippen LogP contribution in [-0.4, -0.2) is 17.4 Å². The number of pyridine rings is 1. The van der Waals surface area contributed by atoms with Gasteiger partial charge in [0.15, 0.2) is 0 Å². The van der Waals surface area contributed by atoms with Crippen LogP contribution in [0.25, 0.3) is 10.9 Å². The van der Waals surface area contributed by atoms with Crippen LogP contribution in [0.3, 0.4) is 0 Å². The van der Waals surface area contributed by atoms with E-state index >= 15 is 0 Å². The lowest BCUT2D eigenvalue weighted by molar-refractivity contribution is 0.0999. The fourth-order valence-corrected chi connectivity index (χ4v) is 2.89. The van der Waals surface area contributed by atoms with Crippen LogP contribution in [0, 0.1) is 0 Å². The Bertz CT molecular complexity index is 840. The molecule has 0 atom stereocenters. The SMILES string of the molecule is NC(=O)c1ccccc1CCCCNc1ccnc2ccccc12. The standard InChI is InChI=1S/C20H21N3O/c21-20(24)16-9-2-1-7-15(16)8-5-6-13-22-19-12-14-23-18-11-4-3-10-17(18)19/h1-4,7,9-12,14H,5-6,8,13H2,(H2,21,24)(H,22,23). The molecule has 0 fully saturated rings. The van der Waals surface area contributed by atoms with Gasteiger partial charge in [0.25, 0.3) is 0 Å². The summed E-state index contributed by atoms with van der Waals surface area (Å²) < 4.78 is 0. The molecule has 3 aromatic rings. The number of primary amides is 1. The van der Waals surface area contributed by atoms with Crippen molar-refractivity contribution in [3.63, 3.8) is 0 Å². The van der Waals surface area contributed by atoms with E-state index in [-0.39, 0.29) is 5.91 Å². The average molecular weight is 319 g/mol. The van der Waals surface area contributed by atoms with Crippen LogP contribution < -0.4 is 11.1 Å². The molecule has 1 amide bonds. The van der Waals surface area contributed by atoms with E-state index in [9.17, 15) is 4.79 Å². The lowest BCUT2D eigenvalue weighted by Gasteiger charge is -2.10. The van der Waals surface area contributed by atoms with Crippen molar-refractivity contribution in [3.8, 4) is 0 Å². The Morgan fingerprint density at radius 2 is 1.79 bits per heavy atom. The molecule has 4 nitrogen and oxygen atoms in total. The predicted octanol–water partition coefficient (Wildman–Crippen LogP) is 3.77. The van der Waals surface area contributed by atoms with Crippen molar-refractivity contribution in [2.24, 2.45) is 5.73 Å². The van der Waals surface area contributed by atoms with E-state index < -0.39 is 0 Å². The van der Waals surface area contributed by atoms with Gasteiger partial charge in [0.2, 0.25) is 5.91 Å². The van der Waals surface area contributed by atoms with E-state index in [2.05, 4.69) is 16.4 Å². The highest BCUT2D eigenvalue weighted by atomic mass is 16.1. The Kier molecular flexibility index (Phi) is 5.06. The van der Waals surface area contributed by atoms with Crippen LogP contribution >= 0.6 is 0 Å². The number of amides is 1. The number of fused-ring (bicyclic) bond motifs is 1. The van der Waals surface area contributed by atoms with Gasteiger partial charge in [-0.05, 0) is 43.0 Å². The van der Waals surface area contributed by atoms with Crippen molar-refractivity contribution in [2.45, 2.75) is 19.3 Å². The lowest BCUT2D eigenvalue weighted by atomic mass is 10.0. The molecule has 0 radical (unpaired) electrons. The maximum atomic E-state index is 11.4. The second kappa shape index (κ2) is 7.59. The number of anilines is 1. The molecule has 24 heavy (non-hydrogen) atoms. The van der Waals surface area contributed by atoms with E-state index in [1.165, 1.54) is 0 Å². The highest BCUT2D eigenvalue weighted by molar-refractivity contribution is 5.94. The van der Waals surface area contributed by atoms with Crippen LogP contribution in [-0.2, 0) is 6.42 Å². The van der Waals surface area contributed by atoms with Gasteiger partial charge in [-0.25, -0.2) is 0 Å². The summed E-state index contributed by atoms with van der Waals surface area (Å²) in [6, 6.07) is 17.7. The van der Waals surface area contributed by atoms with Crippen molar-refractivity contribution in [1.29, 1.82) is 0 Å². The second-order valence-electron chi connectivity index (χ2n) is 5.78. The van der Waals surface area contributed by atoms with Crippen LogP contribution in [0.4, 0.5) is 5.69 Å². The quantitative estimate of drug-likeness (QED) is 0.651. The molecule has 0 saturated carbocycles. The molecule has 0 aliphatic carbocycles. The lowest BCUT2D eigenvalue weighted by Crippen LogP contribution is -2.13. The highest BCUT2D eigenvalue weighted by Gasteiger charge is 2.06. The minimum atomic E-state index is -0.355.